The molecular formula is C20H17N7O2. The number of rotatable bonds is 6. The zero-order valence-electron chi connectivity index (χ0n) is 15.6. The van der Waals surface area contributed by atoms with E-state index in [0.29, 0.717) is 23.8 Å². The first-order valence-corrected chi connectivity index (χ1v) is 8.86. The lowest BCUT2D eigenvalue weighted by Crippen LogP contribution is -2.05. The molecule has 0 bridgehead atoms. The van der Waals surface area contributed by atoms with Crippen molar-refractivity contribution < 1.29 is 4.92 Å². The zero-order valence-corrected chi connectivity index (χ0v) is 15.6. The van der Waals surface area contributed by atoms with Crippen LogP contribution in [0.1, 0.15) is 11.3 Å². The molecule has 0 spiro atoms. The minimum absolute atomic E-state index is 0.00549. The van der Waals surface area contributed by atoms with Crippen LogP contribution < -0.4 is 5.32 Å². The van der Waals surface area contributed by atoms with Crippen LogP contribution in [-0.2, 0) is 6.54 Å². The fourth-order valence-corrected chi connectivity index (χ4v) is 2.85. The van der Waals surface area contributed by atoms with Gasteiger partial charge in [-0.1, -0.05) is 12.1 Å². The van der Waals surface area contributed by atoms with Crippen LogP contribution in [0.4, 0.5) is 11.5 Å². The Morgan fingerprint density at radius 3 is 2.83 bits per heavy atom. The van der Waals surface area contributed by atoms with E-state index in [9.17, 15) is 10.1 Å². The van der Waals surface area contributed by atoms with E-state index in [1.807, 2.05) is 35.9 Å². The SMILES string of the molecule is Cc1cc(NCc2ccnc(-n3ccnc3)c2)nc(-c2cccc([N+](=O)[O-])c2)n1. The summed E-state index contributed by atoms with van der Waals surface area (Å²) in [5, 5.41) is 14.3. The summed E-state index contributed by atoms with van der Waals surface area (Å²) in [6.45, 7) is 2.40. The first-order valence-electron chi connectivity index (χ1n) is 8.86. The molecule has 4 aromatic rings. The number of nitrogens with one attached hydrogen (secondary N) is 1. The Morgan fingerprint density at radius 1 is 1.14 bits per heavy atom. The Kier molecular flexibility index (Phi) is 4.93. The van der Waals surface area contributed by atoms with E-state index in [1.54, 1.807) is 30.9 Å². The van der Waals surface area contributed by atoms with Crippen LogP contribution in [0.2, 0.25) is 0 Å². The fourth-order valence-electron chi connectivity index (χ4n) is 2.85. The average Bonchev–Trinajstić information content (AvgIpc) is 3.27. The molecule has 4 rings (SSSR count). The first-order chi connectivity index (χ1) is 14.1. The highest BCUT2D eigenvalue weighted by Crippen LogP contribution is 2.22. The third kappa shape index (κ3) is 4.24. The van der Waals surface area contributed by atoms with E-state index in [4.69, 9.17) is 0 Å². The van der Waals surface area contributed by atoms with Crippen LogP contribution in [0, 0.1) is 17.0 Å². The summed E-state index contributed by atoms with van der Waals surface area (Å²) in [7, 11) is 0. The number of hydrogen-bond acceptors (Lipinski definition) is 7. The van der Waals surface area contributed by atoms with Crippen molar-refractivity contribution in [3.05, 3.63) is 88.8 Å². The molecule has 0 aliphatic carbocycles. The average molecular weight is 387 g/mol. The van der Waals surface area contributed by atoms with Gasteiger partial charge >= 0.3 is 0 Å². The monoisotopic (exact) mass is 387 g/mol. The molecule has 144 valence electrons. The van der Waals surface area contributed by atoms with Crippen LogP contribution in [0.3, 0.4) is 0 Å². The number of nitro benzene ring substituents is 1. The van der Waals surface area contributed by atoms with Crippen molar-refractivity contribution in [2.75, 3.05) is 5.32 Å². The van der Waals surface area contributed by atoms with E-state index in [2.05, 4.69) is 25.3 Å². The van der Waals surface area contributed by atoms with Gasteiger partial charge in [0, 0.05) is 54.6 Å². The number of pyridine rings is 1. The lowest BCUT2D eigenvalue weighted by Gasteiger charge is -2.10. The standard InChI is InChI=1S/C20H17N7O2/c1-14-9-18(25-20(24-14)16-3-2-4-17(11-16)27(28)29)23-12-15-5-6-22-19(10-15)26-8-7-21-13-26/h2-11,13H,12H2,1H3,(H,23,24,25). The molecule has 1 aromatic carbocycles. The maximum absolute atomic E-state index is 11.0. The number of non-ortho nitro benzene ring substituents is 1. The van der Waals surface area contributed by atoms with Crippen molar-refractivity contribution in [2.24, 2.45) is 0 Å². The summed E-state index contributed by atoms with van der Waals surface area (Å²) < 4.78 is 1.83. The number of nitrogens with zero attached hydrogens (tertiary/aromatic N) is 6. The molecule has 0 radical (unpaired) electrons. The normalized spacial score (nSPS) is 10.7. The van der Waals surface area contributed by atoms with Crippen LogP contribution >= 0.6 is 0 Å². The second-order valence-corrected chi connectivity index (χ2v) is 6.37. The van der Waals surface area contributed by atoms with E-state index in [0.717, 1.165) is 17.1 Å². The molecule has 9 heteroatoms. The molecule has 0 fully saturated rings. The summed E-state index contributed by atoms with van der Waals surface area (Å²) in [5.74, 6) is 1.85. The molecule has 1 N–H and O–H groups in total. The molecule has 0 unspecified atom stereocenters. The second kappa shape index (κ2) is 7.85. The van der Waals surface area contributed by atoms with Crippen LogP contribution in [-0.4, -0.2) is 29.4 Å². The Labute approximate surface area is 166 Å². The van der Waals surface area contributed by atoms with E-state index in [1.165, 1.54) is 12.1 Å². The van der Waals surface area contributed by atoms with Crippen molar-refractivity contribution in [1.82, 2.24) is 24.5 Å². The molecule has 0 aliphatic heterocycles. The lowest BCUT2D eigenvalue weighted by atomic mass is 10.2. The highest BCUT2D eigenvalue weighted by atomic mass is 16.6. The largest absolute Gasteiger partial charge is 0.366 e. The molecule has 29 heavy (non-hydrogen) atoms. The van der Waals surface area contributed by atoms with Gasteiger partial charge in [-0.2, -0.15) is 0 Å². The predicted molar refractivity (Wildman–Crippen MR) is 108 cm³/mol. The highest BCUT2D eigenvalue weighted by molar-refractivity contribution is 5.61. The van der Waals surface area contributed by atoms with E-state index in [-0.39, 0.29) is 5.69 Å². The van der Waals surface area contributed by atoms with Crippen LogP contribution in [0.5, 0.6) is 0 Å². The number of nitro groups is 1. The highest BCUT2D eigenvalue weighted by Gasteiger charge is 2.11. The molecular weight excluding hydrogens is 370 g/mol. The summed E-state index contributed by atoms with van der Waals surface area (Å²) in [4.78, 5) is 27.9. The van der Waals surface area contributed by atoms with E-state index < -0.39 is 4.92 Å². The zero-order chi connectivity index (χ0) is 20.2. The minimum Gasteiger partial charge on any atom is -0.366 e. The van der Waals surface area contributed by atoms with Crippen molar-refractivity contribution in [1.29, 1.82) is 0 Å². The first kappa shape index (κ1) is 18.2. The summed E-state index contributed by atoms with van der Waals surface area (Å²) in [6, 6.07) is 12.0. The Hall–Kier alpha value is -4.14. The lowest BCUT2D eigenvalue weighted by molar-refractivity contribution is -0.384. The summed E-state index contributed by atoms with van der Waals surface area (Å²) in [6.07, 6.45) is 6.97. The van der Waals surface area contributed by atoms with Crippen molar-refractivity contribution in [3.8, 4) is 17.2 Å². The van der Waals surface area contributed by atoms with Crippen LogP contribution in [0.25, 0.3) is 17.2 Å². The van der Waals surface area contributed by atoms with Gasteiger partial charge in [0.15, 0.2) is 5.82 Å². The van der Waals surface area contributed by atoms with Gasteiger partial charge in [-0.25, -0.2) is 19.9 Å². The summed E-state index contributed by atoms with van der Waals surface area (Å²) in [5.41, 5.74) is 2.39. The quantitative estimate of drug-likeness (QED) is 0.398. The molecule has 3 heterocycles. The molecule has 0 saturated carbocycles. The second-order valence-electron chi connectivity index (χ2n) is 6.37. The van der Waals surface area contributed by atoms with Gasteiger partial charge in [0.1, 0.15) is 18.0 Å². The summed E-state index contributed by atoms with van der Waals surface area (Å²) >= 11 is 0. The molecule has 0 aliphatic rings. The van der Waals surface area contributed by atoms with E-state index >= 15 is 0 Å². The fraction of sp³-hybridized carbons (Fsp3) is 0.100. The van der Waals surface area contributed by atoms with Crippen molar-refractivity contribution >= 4 is 11.5 Å². The molecule has 0 amide bonds. The topological polar surface area (TPSA) is 112 Å². The van der Waals surface area contributed by atoms with Gasteiger partial charge in [-0.3, -0.25) is 14.7 Å². The minimum atomic E-state index is -0.431. The molecule has 9 nitrogen and oxygen atoms in total. The van der Waals surface area contributed by atoms with Gasteiger partial charge in [0.2, 0.25) is 0 Å². The van der Waals surface area contributed by atoms with Gasteiger partial charge < -0.3 is 5.32 Å². The van der Waals surface area contributed by atoms with Crippen molar-refractivity contribution in [2.45, 2.75) is 13.5 Å². The molecule has 3 aromatic heterocycles. The maximum Gasteiger partial charge on any atom is 0.270 e. The number of anilines is 1. The Bertz CT molecular complexity index is 1160. The van der Waals surface area contributed by atoms with Crippen molar-refractivity contribution in [3.63, 3.8) is 0 Å². The molecule has 0 atom stereocenters. The maximum atomic E-state index is 11.0. The number of benzene rings is 1. The van der Waals surface area contributed by atoms with Crippen LogP contribution in [0.15, 0.2) is 67.4 Å². The smallest absolute Gasteiger partial charge is 0.270 e. The molecule has 0 saturated heterocycles. The van der Waals surface area contributed by atoms with Gasteiger partial charge in [-0.15, -0.1) is 0 Å². The number of aromatic nitrogens is 5. The van der Waals surface area contributed by atoms with Gasteiger partial charge in [0.05, 0.1) is 4.92 Å². The number of imidazole rings is 1. The third-order valence-electron chi connectivity index (χ3n) is 4.22. The number of aryl methyl sites for hydroxylation is 1. The van der Waals surface area contributed by atoms with Gasteiger partial charge in [-0.05, 0) is 24.6 Å². The third-order valence-corrected chi connectivity index (χ3v) is 4.22. The Balaban J connectivity index is 1.55. The predicted octanol–water partition coefficient (Wildman–Crippen LogP) is 3.55. The Morgan fingerprint density at radius 2 is 2.03 bits per heavy atom. The van der Waals surface area contributed by atoms with Gasteiger partial charge in [0.25, 0.3) is 5.69 Å². The number of hydrogen-bond donors (Lipinski definition) is 1.